The lowest BCUT2D eigenvalue weighted by molar-refractivity contribution is -0.138. The van der Waals surface area contributed by atoms with Crippen molar-refractivity contribution in [1.29, 1.82) is 0 Å². The number of carboxylic acids is 1. The van der Waals surface area contributed by atoms with E-state index in [0.29, 0.717) is 24.6 Å². The monoisotopic (exact) mass is 583 g/mol. The second-order valence-corrected chi connectivity index (χ2v) is 11.1. The lowest BCUT2D eigenvalue weighted by Gasteiger charge is -2.27. The predicted molar refractivity (Wildman–Crippen MR) is 169 cm³/mol. The number of aryl methyl sites for hydroxylation is 2. The Balaban J connectivity index is 1.23. The molecule has 2 atom stereocenters. The molecule has 0 amide bonds. The number of unbranched alkanes of at least 4 members (excludes halogenated alkanes) is 1. The summed E-state index contributed by atoms with van der Waals surface area (Å²) in [4.78, 5) is 33.2. The van der Waals surface area contributed by atoms with Gasteiger partial charge in [-0.05, 0) is 87.9 Å². The summed E-state index contributed by atoms with van der Waals surface area (Å²) in [7, 11) is 1.71. The third-order valence-corrected chi connectivity index (χ3v) is 7.89. The van der Waals surface area contributed by atoms with Crippen LogP contribution in [0.2, 0.25) is 0 Å². The van der Waals surface area contributed by atoms with Crippen molar-refractivity contribution in [2.45, 2.75) is 57.6 Å². The summed E-state index contributed by atoms with van der Waals surface area (Å²) in [5.41, 5.74) is 3.93. The van der Waals surface area contributed by atoms with Crippen molar-refractivity contribution in [3.63, 3.8) is 0 Å². The van der Waals surface area contributed by atoms with Gasteiger partial charge in [-0.15, -0.1) is 0 Å². The SMILES string of the molecule is CO[C@H](C)CN(CCCCc1ccc2c(n1)NCCC2)CC[C@H](Nc1nc(-c2cccnc2)nc2ccccc12)C(=O)O. The van der Waals surface area contributed by atoms with Crippen LogP contribution >= 0.6 is 0 Å². The van der Waals surface area contributed by atoms with Gasteiger partial charge < -0.3 is 25.4 Å². The third kappa shape index (κ3) is 8.24. The van der Waals surface area contributed by atoms with Crippen molar-refractivity contribution >= 4 is 28.5 Å². The number of carboxylic acid groups (broad SMARTS) is 1. The molecule has 5 rings (SSSR count). The summed E-state index contributed by atoms with van der Waals surface area (Å²) < 4.78 is 5.55. The van der Waals surface area contributed by atoms with Crippen LogP contribution in [0.5, 0.6) is 0 Å². The number of aliphatic carboxylic acids is 1. The number of aromatic nitrogens is 4. The normalized spacial score (nSPS) is 14.2. The van der Waals surface area contributed by atoms with Crippen LogP contribution in [-0.4, -0.2) is 81.3 Å². The molecule has 4 heterocycles. The molecule has 4 aromatic rings. The van der Waals surface area contributed by atoms with Crippen LogP contribution in [0.15, 0.2) is 60.9 Å². The Bertz CT molecular complexity index is 1500. The average Bonchev–Trinajstić information content (AvgIpc) is 3.04. The highest BCUT2D eigenvalue weighted by molar-refractivity contribution is 5.92. The zero-order valence-corrected chi connectivity index (χ0v) is 25.0. The summed E-state index contributed by atoms with van der Waals surface area (Å²) in [5, 5.41) is 17.6. The Labute approximate surface area is 253 Å². The summed E-state index contributed by atoms with van der Waals surface area (Å²) in [6.07, 6.45) is 9.01. The Morgan fingerprint density at radius 1 is 1.09 bits per heavy atom. The second kappa shape index (κ2) is 14.8. The van der Waals surface area contributed by atoms with Crippen molar-refractivity contribution in [3.05, 3.63) is 72.2 Å². The number of nitrogens with one attached hydrogen (secondary N) is 2. The molecule has 0 saturated heterocycles. The van der Waals surface area contributed by atoms with Gasteiger partial charge in [0, 0.05) is 55.8 Å². The second-order valence-electron chi connectivity index (χ2n) is 11.1. The zero-order chi connectivity index (χ0) is 30.0. The lowest BCUT2D eigenvalue weighted by Crippen LogP contribution is -2.38. The number of ether oxygens (including phenoxy) is 1. The maximum Gasteiger partial charge on any atom is 0.326 e. The number of carbonyl (C=O) groups is 1. The van der Waals surface area contributed by atoms with E-state index in [1.165, 1.54) is 5.56 Å². The molecule has 0 radical (unpaired) electrons. The van der Waals surface area contributed by atoms with Crippen LogP contribution in [0.4, 0.5) is 11.6 Å². The van der Waals surface area contributed by atoms with Crippen molar-refractivity contribution in [2.75, 3.05) is 43.9 Å². The molecule has 3 aromatic heterocycles. The van der Waals surface area contributed by atoms with Crippen molar-refractivity contribution in [2.24, 2.45) is 0 Å². The van der Waals surface area contributed by atoms with Gasteiger partial charge in [-0.25, -0.2) is 19.7 Å². The number of hydrogen-bond acceptors (Lipinski definition) is 9. The molecular formula is C33H41N7O3. The highest BCUT2D eigenvalue weighted by atomic mass is 16.5. The van der Waals surface area contributed by atoms with Gasteiger partial charge in [-0.1, -0.05) is 18.2 Å². The number of anilines is 2. The third-order valence-electron chi connectivity index (χ3n) is 7.89. The number of para-hydroxylation sites is 1. The van der Waals surface area contributed by atoms with E-state index >= 15 is 0 Å². The highest BCUT2D eigenvalue weighted by Crippen LogP contribution is 2.26. The van der Waals surface area contributed by atoms with Crippen LogP contribution in [0.25, 0.3) is 22.3 Å². The van der Waals surface area contributed by atoms with E-state index in [-0.39, 0.29) is 6.10 Å². The number of hydrogen-bond donors (Lipinski definition) is 3. The van der Waals surface area contributed by atoms with E-state index < -0.39 is 12.0 Å². The zero-order valence-electron chi connectivity index (χ0n) is 25.0. The summed E-state index contributed by atoms with van der Waals surface area (Å²) in [6, 6.07) is 14.9. The molecule has 0 bridgehead atoms. The van der Waals surface area contributed by atoms with Gasteiger partial charge in [0.05, 0.1) is 11.6 Å². The molecule has 43 heavy (non-hydrogen) atoms. The van der Waals surface area contributed by atoms with Crippen LogP contribution < -0.4 is 10.6 Å². The molecule has 0 spiro atoms. The molecule has 1 aliphatic heterocycles. The molecule has 10 nitrogen and oxygen atoms in total. The first-order valence-electron chi connectivity index (χ1n) is 15.1. The first kappa shape index (κ1) is 30.3. The largest absolute Gasteiger partial charge is 0.480 e. The standard InChI is InChI=1S/C33H41N7O3/c1-23(43-2)22-40(19-6-5-11-26-15-14-24-9-8-18-35-30(24)36-26)20-16-29(33(41)42)38-32-27-12-3-4-13-28(27)37-31(39-32)25-10-7-17-34-21-25/h3-4,7,10,12-15,17,21,23,29H,5-6,8-9,11,16,18-20,22H2,1-2H3,(H,35,36)(H,41,42)(H,37,38,39)/t23-,29+/m1/s1. The van der Waals surface area contributed by atoms with Crippen molar-refractivity contribution in [1.82, 2.24) is 24.8 Å². The smallest absolute Gasteiger partial charge is 0.326 e. The van der Waals surface area contributed by atoms with Gasteiger partial charge >= 0.3 is 5.97 Å². The Morgan fingerprint density at radius 2 is 1.98 bits per heavy atom. The number of pyridine rings is 2. The van der Waals surface area contributed by atoms with Gasteiger partial charge in [0.2, 0.25) is 0 Å². The van der Waals surface area contributed by atoms with Crippen molar-refractivity contribution < 1.29 is 14.6 Å². The Hall–Kier alpha value is -4.15. The van der Waals surface area contributed by atoms with E-state index in [2.05, 4.69) is 32.7 Å². The fourth-order valence-electron chi connectivity index (χ4n) is 5.43. The van der Waals surface area contributed by atoms with Crippen LogP contribution in [0.3, 0.4) is 0 Å². The minimum Gasteiger partial charge on any atom is -0.480 e. The highest BCUT2D eigenvalue weighted by Gasteiger charge is 2.22. The first-order chi connectivity index (χ1) is 21.0. The number of fused-ring (bicyclic) bond motifs is 2. The first-order valence-corrected chi connectivity index (χ1v) is 15.1. The van der Waals surface area contributed by atoms with E-state index in [1.54, 1.807) is 19.5 Å². The fraction of sp³-hybridized carbons (Fsp3) is 0.424. The molecular weight excluding hydrogens is 542 g/mol. The molecule has 10 heteroatoms. The van der Waals surface area contributed by atoms with Crippen LogP contribution in [0, 0.1) is 0 Å². The summed E-state index contributed by atoms with van der Waals surface area (Å²) in [5.74, 6) is 1.12. The van der Waals surface area contributed by atoms with Gasteiger partial charge in [0.1, 0.15) is 17.7 Å². The van der Waals surface area contributed by atoms with Gasteiger partial charge in [0.25, 0.3) is 0 Å². The maximum absolute atomic E-state index is 12.4. The van der Waals surface area contributed by atoms with E-state index in [1.807, 2.05) is 43.3 Å². The topological polar surface area (TPSA) is 125 Å². The van der Waals surface area contributed by atoms with E-state index in [4.69, 9.17) is 19.7 Å². The minimum absolute atomic E-state index is 0.0393. The number of rotatable bonds is 15. The molecule has 1 aromatic carbocycles. The number of methoxy groups -OCH3 is 1. The molecule has 0 aliphatic carbocycles. The molecule has 0 fully saturated rings. The predicted octanol–water partition coefficient (Wildman–Crippen LogP) is 5.06. The average molecular weight is 584 g/mol. The maximum atomic E-state index is 12.4. The molecule has 3 N–H and O–H groups in total. The van der Waals surface area contributed by atoms with E-state index in [9.17, 15) is 9.90 Å². The van der Waals surface area contributed by atoms with Crippen LogP contribution in [0.1, 0.15) is 43.9 Å². The molecule has 226 valence electrons. The van der Waals surface area contributed by atoms with Crippen LogP contribution in [-0.2, 0) is 22.4 Å². The Morgan fingerprint density at radius 3 is 2.79 bits per heavy atom. The van der Waals surface area contributed by atoms with Gasteiger partial charge in [-0.2, -0.15) is 0 Å². The van der Waals surface area contributed by atoms with Gasteiger partial charge in [-0.3, -0.25) is 4.98 Å². The number of benzene rings is 1. The van der Waals surface area contributed by atoms with Crippen molar-refractivity contribution in [3.8, 4) is 11.4 Å². The van der Waals surface area contributed by atoms with E-state index in [0.717, 1.165) is 79.7 Å². The number of nitrogens with zero attached hydrogens (tertiary/aromatic N) is 5. The fourth-order valence-corrected chi connectivity index (χ4v) is 5.43. The summed E-state index contributed by atoms with van der Waals surface area (Å²) >= 11 is 0. The minimum atomic E-state index is -0.919. The molecule has 1 aliphatic rings. The summed E-state index contributed by atoms with van der Waals surface area (Å²) in [6.45, 7) is 5.21. The van der Waals surface area contributed by atoms with Gasteiger partial charge in [0.15, 0.2) is 5.82 Å². The Kier molecular flexibility index (Phi) is 10.5. The molecule has 0 unspecified atom stereocenters. The lowest BCUT2D eigenvalue weighted by atomic mass is 10.1. The quantitative estimate of drug-likeness (QED) is 0.164. The molecule has 0 saturated carbocycles.